The number of hydrogen-bond acceptors (Lipinski definition) is 0. The molecule has 1 aromatic rings. The van der Waals surface area contributed by atoms with Gasteiger partial charge in [-0.05, 0) is 0 Å². The maximum atomic E-state index is 2.44. The van der Waals surface area contributed by atoms with E-state index in [4.69, 9.17) is 0 Å². The Morgan fingerprint density at radius 3 is 2.53 bits per heavy atom. The number of rotatable bonds is 2. The topological polar surface area (TPSA) is 0 Å². The fourth-order valence-corrected chi connectivity index (χ4v) is 5.96. The third-order valence-electron chi connectivity index (χ3n) is 3.61. The molecule has 98 valence electrons. The van der Waals surface area contributed by atoms with Crippen molar-refractivity contribution in [2.24, 2.45) is 0 Å². The average Bonchev–Trinajstić information content (AvgIpc) is 2.92. The van der Waals surface area contributed by atoms with Gasteiger partial charge in [0, 0.05) is 0 Å². The molecule has 19 heavy (non-hydrogen) atoms. The molecule has 1 aromatic carbocycles. The molecule has 0 saturated heterocycles. The van der Waals surface area contributed by atoms with Crippen LogP contribution in [0.25, 0.3) is 6.08 Å². The first kappa shape index (κ1) is 17.0. The molecule has 1 atom stereocenters. The van der Waals surface area contributed by atoms with Gasteiger partial charge in [-0.25, -0.2) is 0 Å². The van der Waals surface area contributed by atoms with Crippen LogP contribution in [0.5, 0.6) is 0 Å². The molecule has 0 fully saturated rings. The Hall–Kier alpha value is -0.0969. The molecule has 0 heterocycles. The van der Waals surface area contributed by atoms with E-state index in [2.05, 4.69) is 56.4 Å². The third kappa shape index (κ3) is 3.51. The molecule has 0 aromatic heterocycles. The molecule has 0 N–H and O–H groups in total. The largest absolute Gasteiger partial charge is 1.00 e. The number of fused-ring (bicyclic) bond motifs is 1. The Balaban J connectivity index is 0.000000902. The minimum absolute atomic E-state index is 0. The van der Waals surface area contributed by atoms with Crippen LogP contribution < -0.4 is 24.8 Å². The Morgan fingerprint density at radius 1 is 1.11 bits per heavy atom. The summed E-state index contributed by atoms with van der Waals surface area (Å²) in [5.74, 6) is 0. The van der Waals surface area contributed by atoms with Gasteiger partial charge in [0.15, 0.2) is 0 Å². The molecular weight excluding hydrogens is 354 g/mol. The Morgan fingerprint density at radius 2 is 1.84 bits per heavy atom. The average molecular weight is 370 g/mol. The summed E-state index contributed by atoms with van der Waals surface area (Å²) in [5, 5.41) is 0. The molecule has 0 spiro atoms. The molecule has 0 saturated carbocycles. The van der Waals surface area contributed by atoms with Crippen LogP contribution >= 0.6 is 0 Å². The van der Waals surface area contributed by atoms with Gasteiger partial charge in [-0.15, -0.1) is 0 Å². The molecule has 0 amide bonds. The molecule has 3 heteroatoms. The standard InChI is InChI=1S/C11H11.C5H5.2ClH.Zr/c1-8-6-10-4-3-5-11(10)7-9(8)2;1-2-4-5-3-1;;;/h3-7H,1-2H3;1-3H,4H2;2*1H;/q;;;;+2/p-2. The normalized spacial score (nSPS) is 18.2. The second-order valence-corrected chi connectivity index (χ2v) is 8.69. The van der Waals surface area contributed by atoms with E-state index in [1.807, 2.05) is 0 Å². The van der Waals surface area contributed by atoms with Crippen LogP contribution in [0.1, 0.15) is 32.3 Å². The van der Waals surface area contributed by atoms with Crippen molar-refractivity contribution in [3.05, 3.63) is 62.0 Å². The Labute approximate surface area is 139 Å². The third-order valence-corrected chi connectivity index (χ3v) is 7.44. The summed E-state index contributed by atoms with van der Waals surface area (Å²) in [4.78, 5) is 0. The van der Waals surface area contributed by atoms with E-state index in [1.165, 1.54) is 23.1 Å². The summed E-state index contributed by atoms with van der Waals surface area (Å²) in [7, 11) is 0. The van der Waals surface area contributed by atoms with Crippen molar-refractivity contribution in [2.45, 2.75) is 23.9 Å². The zero-order valence-corrected chi connectivity index (χ0v) is 15.1. The van der Waals surface area contributed by atoms with Gasteiger partial charge in [-0.1, -0.05) is 0 Å². The van der Waals surface area contributed by atoms with Gasteiger partial charge in [-0.3, -0.25) is 0 Å². The molecule has 2 aliphatic rings. The van der Waals surface area contributed by atoms with Crippen LogP contribution in [0.4, 0.5) is 0 Å². The van der Waals surface area contributed by atoms with Crippen molar-refractivity contribution in [1.82, 2.24) is 0 Å². The Kier molecular flexibility index (Phi) is 6.31. The zero-order valence-electron chi connectivity index (χ0n) is 11.1. The van der Waals surface area contributed by atoms with Crippen molar-refractivity contribution in [3.63, 3.8) is 0 Å². The fraction of sp³-hybridized carbons (Fsp3) is 0.250. The minimum Gasteiger partial charge on any atom is -1.00 e. The van der Waals surface area contributed by atoms with E-state index in [1.54, 1.807) is 8.84 Å². The van der Waals surface area contributed by atoms with Gasteiger partial charge in [0.2, 0.25) is 0 Å². The van der Waals surface area contributed by atoms with E-state index in [0.717, 1.165) is 3.63 Å². The van der Waals surface area contributed by atoms with Crippen molar-refractivity contribution in [3.8, 4) is 0 Å². The van der Waals surface area contributed by atoms with Gasteiger partial charge < -0.3 is 24.8 Å². The van der Waals surface area contributed by atoms with Crippen LogP contribution in [0.2, 0.25) is 0 Å². The predicted molar refractivity (Wildman–Crippen MR) is 69.5 cm³/mol. The molecule has 2 aliphatic carbocycles. The molecule has 0 aliphatic heterocycles. The zero-order chi connectivity index (χ0) is 11.8. The predicted octanol–water partition coefficient (Wildman–Crippen LogP) is -1.69. The van der Waals surface area contributed by atoms with Crippen LogP contribution in [0.15, 0.2) is 39.7 Å². The van der Waals surface area contributed by atoms with Gasteiger partial charge >= 0.3 is 115 Å². The van der Waals surface area contributed by atoms with Crippen LogP contribution in [-0.4, -0.2) is 0 Å². The number of hydrogen-bond donors (Lipinski definition) is 0. The van der Waals surface area contributed by atoms with Gasteiger partial charge in [-0.2, -0.15) is 0 Å². The molecule has 1 unspecified atom stereocenters. The second kappa shape index (κ2) is 7.07. The summed E-state index contributed by atoms with van der Waals surface area (Å²) in [6.07, 6.45) is 12.8. The fourth-order valence-electron chi connectivity index (χ4n) is 2.46. The van der Waals surface area contributed by atoms with Crippen molar-refractivity contribution in [2.75, 3.05) is 0 Å². The number of benzene rings is 1. The van der Waals surface area contributed by atoms with Crippen LogP contribution in [0.3, 0.4) is 0 Å². The number of halogens is 2. The smallest absolute Gasteiger partial charge is 1.00 e. The van der Waals surface area contributed by atoms with E-state index in [0.29, 0.717) is 0 Å². The van der Waals surface area contributed by atoms with Gasteiger partial charge in [0.25, 0.3) is 0 Å². The molecule has 0 radical (unpaired) electrons. The number of allylic oxidation sites excluding steroid dienone is 5. The van der Waals surface area contributed by atoms with Crippen molar-refractivity contribution < 1.29 is 48.0 Å². The molecule has 3 rings (SSSR count). The Bertz CT molecular complexity index is 556. The van der Waals surface area contributed by atoms with E-state index in [-0.39, 0.29) is 24.8 Å². The maximum Gasteiger partial charge on any atom is -1.00 e. The first-order valence-electron chi connectivity index (χ1n) is 6.15. The first-order valence-corrected chi connectivity index (χ1v) is 8.80. The molecule has 0 nitrogen and oxygen atoms in total. The van der Waals surface area contributed by atoms with Crippen molar-refractivity contribution >= 4 is 6.08 Å². The maximum absolute atomic E-state index is 2.44. The van der Waals surface area contributed by atoms with Gasteiger partial charge in [0.05, 0.1) is 0 Å². The summed E-state index contributed by atoms with van der Waals surface area (Å²) < 4.78 is 2.49. The quantitative estimate of drug-likeness (QED) is 0.583. The summed E-state index contributed by atoms with van der Waals surface area (Å²) in [6, 6.07) is 4.76. The van der Waals surface area contributed by atoms with Crippen LogP contribution in [-0.2, 0) is 23.2 Å². The summed E-state index contributed by atoms with van der Waals surface area (Å²) >= 11 is -0.461. The number of aryl methyl sites for hydroxylation is 2. The molecular formula is C16H16Cl2Zr. The summed E-state index contributed by atoms with van der Waals surface area (Å²) in [6.45, 7) is 4.44. The minimum atomic E-state index is -0.461. The molecule has 0 bridgehead atoms. The van der Waals surface area contributed by atoms with Gasteiger partial charge in [0.1, 0.15) is 0 Å². The van der Waals surface area contributed by atoms with E-state index in [9.17, 15) is 0 Å². The SMILES string of the molecule is Cc1cc2c(cc1C)[CH]([Zr+2][C]1=CC=CC1)C=C2.[Cl-].[Cl-]. The van der Waals surface area contributed by atoms with E-state index < -0.39 is 23.2 Å². The van der Waals surface area contributed by atoms with E-state index >= 15 is 0 Å². The second-order valence-electron chi connectivity index (χ2n) is 4.87. The van der Waals surface area contributed by atoms with Crippen LogP contribution in [0, 0.1) is 13.8 Å². The summed E-state index contributed by atoms with van der Waals surface area (Å²) in [5.41, 5.74) is 5.91. The van der Waals surface area contributed by atoms with Crippen molar-refractivity contribution in [1.29, 1.82) is 0 Å². The monoisotopic (exact) mass is 368 g/mol. The first-order chi connectivity index (χ1) is 8.24.